The van der Waals surface area contributed by atoms with Crippen LogP contribution in [0.4, 0.5) is 11.4 Å². The van der Waals surface area contributed by atoms with Gasteiger partial charge >= 0.3 is 0 Å². The van der Waals surface area contributed by atoms with Gasteiger partial charge in [-0.1, -0.05) is 12.8 Å². The van der Waals surface area contributed by atoms with Crippen molar-refractivity contribution in [3.8, 4) is 0 Å². The van der Waals surface area contributed by atoms with Gasteiger partial charge in [-0.3, -0.25) is 4.79 Å². The molecule has 1 amide bonds. The number of hydrogen-bond donors (Lipinski definition) is 3. The summed E-state index contributed by atoms with van der Waals surface area (Å²) in [6.45, 7) is 4.76. The van der Waals surface area contributed by atoms with Crippen LogP contribution in [0.3, 0.4) is 0 Å². The summed E-state index contributed by atoms with van der Waals surface area (Å²) in [6, 6.07) is 5.42. The van der Waals surface area contributed by atoms with E-state index in [1.165, 1.54) is 12.8 Å². The number of carbonyl (C=O) groups excluding carboxylic acids is 1. The molecular formula is C15H23N3O. The van der Waals surface area contributed by atoms with E-state index >= 15 is 0 Å². The molecular weight excluding hydrogens is 238 g/mol. The average Bonchev–Trinajstić information content (AvgIpc) is 2.76. The molecule has 0 radical (unpaired) electrons. The standard InChI is InChI=1S/C15H23N3O/c1-3-17-14(19)12-7-6-11(16)10-13(12)18-15(2)8-4-5-9-15/h6-7,10,18H,3-5,8-9,16H2,1-2H3,(H,17,19). The van der Waals surface area contributed by atoms with Gasteiger partial charge < -0.3 is 16.4 Å². The maximum atomic E-state index is 12.1. The van der Waals surface area contributed by atoms with Gasteiger partial charge in [0.05, 0.1) is 5.56 Å². The van der Waals surface area contributed by atoms with Crippen LogP contribution >= 0.6 is 0 Å². The normalized spacial score (nSPS) is 17.2. The minimum absolute atomic E-state index is 0.0494. The fourth-order valence-electron chi connectivity index (χ4n) is 2.72. The predicted molar refractivity (Wildman–Crippen MR) is 79.4 cm³/mol. The molecule has 0 unspecified atom stereocenters. The molecule has 1 saturated carbocycles. The summed E-state index contributed by atoms with van der Waals surface area (Å²) in [5.74, 6) is -0.0494. The summed E-state index contributed by atoms with van der Waals surface area (Å²) < 4.78 is 0. The number of hydrogen-bond acceptors (Lipinski definition) is 3. The maximum Gasteiger partial charge on any atom is 0.253 e. The Hall–Kier alpha value is -1.71. The van der Waals surface area contributed by atoms with Gasteiger partial charge in [0.2, 0.25) is 0 Å². The number of nitrogens with two attached hydrogens (primary N) is 1. The maximum absolute atomic E-state index is 12.1. The molecule has 4 nitrogen and oxygen atoms in total. The zero-order valence-corrected chi connectivity index (χ0v) is 11.8. The van der Waals surface area contributed by atoms with E-state index < -0.39 is 0 Å². The van der Waals surface area contributed by atoms with Crippen LogP contribution in [0.5, 0.6) is 0 Å². The zero-order chi connectivity index (χ0) is 13.9. The summed E-state index contributed by atoms with van der Waals surface area (Å²) in [4.78, 5) is 12.1. The highest BCUT2D eigenvalue weighted by atomic mass is 16.1. The van der Waals surface area contributed by atoms with Crippen molar-refractivity contribution in [3.63, 3.8) is 0 Å². The molecule has 4 N–H and O–H groups in total. The zero-order valence-electron chi connectivity index (χ0n) is 11.8. The summed E-state index contributed by atoms with van der Waals surface area (Å²) in [7, 11) is 0. The van der Waals surface area contributed by atoms with Gasteiger partial charge in [0, 0.05) is 23.5 Å². The summed E-state index contributed by atoms with van der Waals surface area (Å²) >= 11 is 0. The minimum atomic E-state index is -0.0494. The van der Waals surface area contributed by atoms with Gasteiger partial charge in [0.25, 0.3) is 5.91 Å². The lowest BCUT2D eigenvalue weighted by molar-refractivity contribution is 0.0956. The molecule has 0 aromatic heterocycles. The average molecular weight is 261 g/mol. The van der Waals surface area contributed by atoms with Crippen LogP contribution in [0.2, 0.25) is 0 Å². The second-order valence-electron chi connectivity index (χ2n) is 5.56. The first-order chi connectivity index (χ1) is 9.04. The largest absolute Gasteiger partial charge is 0.399 e. The Balaban J connectivity index is 2.26. The number of anilines is 2. The molecule has 1 aliphatic rings. The van der Waals surface area contributed by atoms with Crippen molar-refractivity contribution in [1.29, 1.82) is 0 Å². The van der Waals surface area contributed by atoms with Crippen molar-refractivity contribution >= 4 is 17.3 Å². The first-order valence-corrected chi connectivity index (χ1v) is 7.00. The highest BCUT2D eigenvalue weighted by molar-refractivity contribution is 6.00. The van der Waals surface area contributed by atoms with Gasteiger partial charge in [0.15, 0.2) is 0 Å². The van der Waals surface area contributed by atoms with Crippen molar-refractivity contribution in [2.75, 3.05) is 17.6 Å². The van der Waals surface area contributed by atoms with E-state index in [2.05, 4.69) is 17.6 Å². The Morgan fingerprint density at radius 1 is 1.37 bits per heavy atom. The van der Waals surface area contributed by atoms with Gasteiger partial charge in [-0.05, 0) is 44.9 Å². The summed E-state index contributed by atoms with van der Waals surface area (Å²) in [6.07, 6.45) is 4.75. The third kappa shape index (κ3) is 3.19. The molecule has 0 atom stereocenters. The van der Waals surface area contributed by atoms with E-state index in [1.807, 2.05) is 13.0 Å². The van der Waals surface area contributed by atoms with Crippen LogP contribution in [-0.2, 0) is 0 Å². The van der Waals surface area contributed by atoms with E-state index in [0.717, 1.165) is 18.5 Å². The Bertz CT molecular complexity index is 464. The van der Waals surface area contributed by atoms with E-state index in [0.29, 0.717) is 17.8 Å². The highest BCUT2D eigenvalue weighted by Gasteiger charge is 2.29. The van der Waals surface area contributed by atoms with Crippen LogP contribution in [0.1, 0.15) is 49.9 Å². The molecule has 4 heteroatoms. The van der Waals surface area contributed by atoms with Gasteiger partial charge in [0.1, 0.15) is 0 Å². The molecule has 19 heavy (non-hydrogen) atoms. The van der Waals surface area contributed by atoms with Gasteiger partial charge in [-0.2, -0.15) is 0 Å². The monoisotopic (exact) mass is 261 g/mol. The minimum Gasteiger partial charge on any atom is -0.399 e. The Morgan fingerprint density at radius 2 is 2.05 bits per heavy atom. The number of amides is 1. The second-order valence-corrected chi connectivity index (χ2v) is 5.56. The number of carbonyl (C=O) groups is 1. The van der Waals surface area contributed by atoms with Crippen molar-refractivity contribution in [2.24, 2.45) is 0 Å². The Kier molecular flexibility index (Phi) is 3.98. The molecule has 1 aromatic carbocycles. The lowest BCUT2D eigenvalue weighted by Crippen LogP contribution is -2.33. The second kappa shape index (κ2) is 5.51. The first-order valence-electron chi connectivity index (χ1n) is 7.00. The molecule has 1 aliphatic carbocycles. The lowest BCUT2D eigenvalue weighted by Gasteiger charge is -2.28. The summed E-state index contributed by atoms with van der Waals surface area (Å²) in [5, 5.41) is 6.36. The number of nitrogen functional groups attached to an aromatic ring is 1. The first kappa shape index (κ1) is 13.7. The van der Waals surface area contributed by atoms with E-state index in [-0.39, 0.29) is 11.4 Å². The van der Waals surface area contributed by atoms with E-state index in [1.54, 1.807) is 12.1 Å². The third-order valence-corrected chi connectivity index (χ3v) is 3.77. The van der Waals surface area contributed by atoms with Crippen molar-refractivity contribution in [3.05, 3.63) is 23.8 Å². The number of rotatable bonds is 4. The highest BCUT2D eigenvalue weighted by Crippen LogP contribution is 2.34. The van der Waals surface area contributed by atoms with Crippen molar-refractivity contribution in [1.82, 2.24) is 5.32 Å². The molecule has 0 saturated heterocycles. The Labute approximate surface area is 114 Å². The van der Waals surface area contributed by atoms with E-state index in [9.17, 15) is 4.79 Å². The lowest BCUT2D eigenvalue weighted by atomic mass is 9.99. The van der Waals surface area contributed by atoms with Crippen LogP contribution in [0, 0.1) is 0 Å². The SMILES string of the molecule is CCNC(=O)c1ccc(N)cc1NC1(C)CCCC1. The summed E-state index contributed by atoms with van der Waals surface area (Å²) in [5.41, 5.74) is 8.12. The molecule has 1 aromatic rings. The molecule has 104 valence electrons. The van der Waals surface area contributed by atoms with Crippen LogP contribution < -0.4 is 16.4 Å². The van der Waals surface area contributed by atoms with Crippen molar-refractivity contribution < 1.29 is 4.79 Å². The van der Waals surface area contributed by atoms with Crippen LogP contribution in [-0.4, -0.2) is 18.0 Å². The van der Waals surface area contributed by atoms with Crippen LogP contribution in [0.15, 0.2) is 18.2 Å². The molecule has 2 rings (SSSR count). The Morgan fingerprint density at radius 3 is 2.68 bits per heavy atom. The number of nitrogens with one attached hydrogen (secondary N) is 2. The van der Waals surface area contributed by atoms with Gasteiger partial charge in [-0.15, -0.1) is 0 Å². The third-order valence-electron chi connectivity index (χ3n) is 3.77. The van der Waals surface area contributed by atoms with Crippen LogP contribution in [0.25, 0.3) is 0 Å². The molecule has 1 fully saturated rings. The van der Waals surface area contributed by atoms with Crippen molar-refractivity contribution in [2.45, 2.75) is 45.1 Å². The fraction of sp³-hybridized carbons (Fsp3) is 0.533. The fourth-order valence-corrected chi connectivity index (χ4v) is 2.72. The molecule has 0 spiro atoms. The molecule has 0 heterocycles. The molecule has 0 bridgehead atoms. The smallest absolute Gasteiger partial charge is 0.253 e. The molecule has 0 aliphatic heterocycles. The predicted octanol–water partition coefficient (Wildman–Crippen LogP) is 2.76. The number of benzene rings is 1. The topological polar surface area (TPSA) is 67.2 Å². The quantitative estimate of drug-likeness (QED) is 0.730. The van der Waals surface area contributed by atoms with E-state index in [4.69, 9.17) is 5.73 Å². The van der Waals surface area contributed by atoms with Gasteiger partial charge in [-0.25, -0.2) is 0 Å².